The van der Waals surface area contributed by atoms with E-state index in [0.29, 0.717) is 28.7 Å². The van der Waals surface area contributed by atoms with E-state index in [9.17, 15) is 14.4 Å². The summed E-state index contributed by atoms with van der Waals surface area (Å²) in [5, 5.41) is 18.5. The Bertz CT molecular complexity index is 1590. The number of aliphatic carboxylic acids is 1. The lowest BCUT2D eigenvalue weighted by Gasteiger charge is -2.20. The molecule has 0 aliphatic carbocycles. The summed E-state index contributed by atoms with van der Waals surface area (Å²) in [5.41, 5.74) is 3.64. The van der Waals surface area contributed by atoms with Crippen molar-refractivity contribution in [3.8, 4) is 22.8 Å². The highest BCUT2D eigenvalue weighted by Crippen LogP contribution is 2.23. The predicted octanol–water partition coefficient (Wildman–Crippen LogP) is 5.55. The fourth-order valence-corrected chi connectivity index (χ4v) is 4.78. The minimum Gasteiger partial charge on any atom is -0.481 e. The van der Waals surface area contributed by atoms with Gasteiger partial charge in [-0.1, -0.05) is 88.5 Å². The third-order valence-corrected chi connectivity index (χ3v) is 7.55. The van der Waals surface area contributed by atoms with Crippen LogP contribution in [0.4, 0.5) is 0 Å². The van der Waals surface area contributed by atoms with Crippen LogP contribution in [0.5, 0.6) is 0 Å². The van der Waals surface area contributed by atoms with Gasteiger partial charge in [-0.2, -0.15) is 4.98 Å². The molecule has 0 aliphatic heterocycles. The van der Waals surface area contributed by atoms with Crippen molar-refractivity contribution in [1.82, 2.24) is 30.7 Å². The van der Waals surface area contributed by atoms with Crippen molar-refractivity contribution in [2.24, 2.45) is 0 Å². The van der Waals surface area contributed by atoms with Gasteiger partial charge in [-0.3, -0.25) is 14.4 Å². The second-order valence-corrected chi connectivity index (χ2v) is 12.3. The summed E-state index contributed by atoms with van der Waals surface area (Å²) in [6.07, 6.45) is 8.55. The molecule has 11 heteroatoms. The largest absolute Gasteiger partial charge is 0.481 e. The van der Waals surface area contributed by atoms with Gasteiger partial charge < -0.3 is 20.3 Å². The van der Waals surface area contributed by atoms with E-state index in [2.05, 4.69) is 58.4 Å². The van der Waals surface area contributed by atoms with Crippen LogP contribution < -0.4 is 10.6 Å². The Balaban J connectivity index is 1.42. The first-order valence-electron chi connectivity index (χ1n) is 15.7. The number of amides is 2. The molecule has 46 heavy (non-hydrogen) atoms. The van der Waals surface area contributed by atoms with E-state index in [1.807, 2.05) is 36.4 Å². The lowest BCUT2D eigenvalue weighted by Crippen LogP contribution is -2.48. The van der Waals surface area contributed by atoms with E-state index >= 15 is 0 Å². The van der Waals surface area contributed by atoms with Gasteiger partial charge in [-0.05, 0) is 35.1 Å². The number of aromatic nitrogens is 4. The molecule has 0 bridgehead atoms. The van der Waals surface area contributed by atoms with Gasteiger partial charge >= 0.3 is 5.97 Å². The molecule has 0 fully saturated rings. The SMILES string of the molecule is CCCCCCc1noc(-c2cnc(-c3ccc(CC(NC(=O)c4ccc(C(C)(C)C)cc4)C(=O)NCCC(=O)O)cc3)nc2)n1. The zero-order valence-corrected chi connectivity index (χ0v) is 26.9. The molecular weight excluding hydrogens is 584 g/mol. The van der Waals surface area contributed by atoms with Gasteiger partial charge in [-0.25, -0.2) is 9.97 Å². The van der Waals surface area contributed by atoms with E-state index in [1.54, 1.807) is 24.5 Å². The van der Waals surface area contributed by atoms with Crippen LogP contribution >= 0.6 is 0 Å². The van der Waals surface area contributed by atoms with Crippen molar-refractivity contribution in [2.75, 3.05) is 6.54 Å². The molecule has 0 aliphatic rings. The molecule has 2 aromatic heterocycles. The Morgan fingerprint density at radius 3 is 2.24 bits per heavy atom. The number of hydrogen-bond acceptors (Lipinski definition) is 8. The van der Waals surface area contributed by atoms with Crippen molar-refractivity contribution in [3.63, 3.8) is 0 Å². The Kier molecular flexibility index (Phi) is 11.7. The highest BCUT2D eigenvalue weighted by atomic mass is 16.5. The minimum absolute atomic E-state index is 0.0447. The van der Waals surface area contributed by atoms with Gasteiger partial charge in [0.25, 0.3) is 11.8 Å². The van der Waals surface area contributed by atoms with Crippen molar-refractivity contribution >= 4 is 17.8 Å². The van der Waals surface area contributed by atoms with Gasteiger partial charge in [-0.15, -0.1) is 0 Å². The molecule has 4 aromatic rings. The molecule has 11 nitrogen and oxygen atoms in total. The molecule has 2 heterocycles. The van der Waals surface area contributed by atoms with Gasteiger partial charge in [0.05, 0.1) is 12.0 Å². The standard InChI is InChI=1S/C35H42N6O5/c1-5-6-7-8-9-29-40-34(46-41-29)26-21-37-31(38-22-26)24-12-10-23(11-13-24)20-28(33(45)36-19-18-30(42)43)39-32(44)25-14-16-27(17-15-25)35(2,3)4/h10-17,21-22,28H,5-9,18-20H2,1-4H3,(H,36,45)(H,39,44)(H,42,43). The molecule has 0 radical (unpaired) electrons. The highest BCUT2D eigenvalue weighted by Gasteiger charge is 2.23. The van der Waals surface area contributed by atoms with Crippen molar-refractivity contribution in [1.29, 1.82) is 0 Å². The molecule has 0 saturated carbocycles. The summed E-state index contributed by atoms with van der Waals surface area (Å²) in [5.74, 6) is -0.320. The number of rotatable bonds is 15. The fourth-order valence-electron chi connectivity index (χ4n) is 4.78. The van der Waals surface area contributed by atoms with Crippen LogP contribution in [0.2, 0.25) is 0 Å². The maximum Gasteiger partial charge on any atom is 0.305 e. The van der Waals surface area contributed by atoms with E-state index in [4.69, 9.17) is 9.63 Å². The highest BCUT2D eigenvalue weighted by molar-refractivity contribution is 5.97. The van der Waals surface area contributed by atoms with Crippen LogP contribution in [0.3, 0.4) is 0 Å². The van der Waals surface area contributed by atoms with Crippen molar-refractivity contribution in [3.05, 3.63) is 83.4 Å². The van der Waals surface area contributed by atoms with E-state index in [-0.39, 0.29) is 24.8 Å². The average molecular weight is 627 g/mol. The summed E-state index contributed by atoms with van der Waals surface area (Å²) in [6.45, 7) is 8.40. The zero-order chi connectivity index (χ0) is 33.1. The number of unbranched alkanes of at least 4 members (excludes halogenated alkanes) is 3. The topological polar surface area (TPSA) is 160 Å². The third kappa shape index (κ3) is 9.79. The van der Waals surface area contributed by atoms with E-state index in [0.717, 1.165) is 36.0 Å². The molecule has 3 N–H and O–H groups in total. The second-order valence-electron chi connectivity index (χ2n) is 12.3. The number of nitrogens with zero attached hydrogens (tertiary/aromatic N) is 4. The van der Waals surface area contributed by atoms with Crippen molar-refractivity contribution in [2.45, 2.75) is 84.1 Å². The van der Waals surface area contributed by atoms with Crippen LogP contribution in [-0.2, 0) is 27.8 Å². The second kappa shape index (κ2) is 15.9. The molecule has 1 atom stereocenters. The summed E-state index contributed by atoms with van der Waals surface area (Å²) < 4.78 is 5.40. The lowest BCUT2D eigenvalue weighted by atomic mass is 9.86. The Morgan fingerprint density at radius 2 is 1.61 bits per heavy atom. The van der Waals surface area contributed by atoms with Gasteiger partial charge in [0, 0.05) is 42.9 Å². The quantitative estimate of drug-likeness (QED) is 0.144. The molecule has 242 valence electrons. The number of carbonyl (C=O) groups is 3. The summed E-state index contributed by atoms with van der Waals surface area (Å²) >= 11 is 0. The first kappa shape index (κ1) is 34.0. The zero-order valence-electron chi connectivity index (χ0n) is 26.9. The number of carbonyl (C=O) groups excluding carboxylic acids is 2. The normalized spacial score (nSPS) is 12.0. The van der Waals surface area contributed by atoms with E-state index < -0.39 is 23.8 Å². The summed E-state index contributed by atoms with van der Waals surface area (Å²) in [7, 11) is 0. The van der Waals surface area contributed by atoms with Crippen LogP contribution in [0.1, 0.15) is 87.1 Å². The molecule has 0 spiro atoms. The number of hydrogen-bond donors (Lipinski definition) is 3. The van der Waals surface area contributed by atoms with Gasteiger partial charge in [0.15, 0.2) is 11.6 Å². The lowest BCUT2D eigenvalue weighted by molar-refractivity contribution is -0.137. The van der Waals surface area contributed by atoms with Gasteiger partial charge in [0.1, 0.15) is 6.04 Å². The number of carboxylic acids is 1. The van der Waals surface area contributed by atoms with Crippen LogP contribution in [-0.4, -0.2) is 55.6 Å². The maximum atomic E-state index is 13.1. The molecule has 2 aromatic carbocycles. The molecular formula is C35H42N6O5. The number of benzene rings is 2. The summed E-state index contributed by atoms with van der Waals surface area (Å²) in [6, 6.07) is 13.7. The number of nitrogens with one attached hydrogen (secondary N) is 2. The molecule has 2 amide bonds. The Labute approximate surface area is 269 Å². The van der Waals surface area contributed by atoms with Crippen molar-refractivity contribution < 1.29 is 24.0 Å². The predicted molar refractivity (Wildman–Crippen MR) is 174 cm³/mol. The van der Waals surface area contributed by atoms with Gasteiger partial charge in [0.2, 0.25) is 5.91 Å². The van der Waals surface area contributed by atoms with Crippen LogP contribution in [0.15, 0.2) is 65.4 Å². The molecule has 4 rings (SSSR count). The first-order valence-corrected chi connectivity index (χ1v) is 15.7. The average Bonchev–Trinajstić information content (AvgIpc) is 3.51. The molecule has 1 unspecified atom stereocenters. The number of carboxylic acid groups (broad SMARTS) is 1. The fraction of sp³-hybridized carbons (Fsp3) is 0.400. The Hall–Kier alpha value is -4.93. The summed E-state index contributed by atoms with van der Waals surface area (Å²) in [4.78, 5) is 50.5. The smallest absolute Gasteiger partial charge is 0.305 e. The minimum atomic E-state index is -1.02. The molecule has 0 saturated heterocycles. The van der Waals surface area contributed by atoms with Crippen LogP contribution in [0.25, 0.3) is 22.8 Å². The number of aryl methyl sites for hydroxylation is 1. The van der Waals surface area contributed by atoms with E-state index in [1.165, 1.54) is 12.8 Å². The monoisotopic (exact) mass is 626 g/mol. The first-order chi connectivity index (χ1) is 22.0. The van der Waals surface area contributed by atoms with Crippen LogP contribution in [0, 0.1) is 0 Å². The maximum absolute atomic E-state index is 13.1. The third-order valence-electron chi connectivity index (χ3n) is 7.55. The Morgan fingerprint density at radius 1 is 0.913 bits per heavy atom.